The molecule has 76 valence electrons. The van der Waals surface area contributed by atoms with Gasteiger partial charge in [-0.3, -0.25) is 10.1 Å². The molecule has 2 aromatic rings. The van der Waals surface area contributed by atoms with E-state index in [1.807, 2.05) is 24.8 Å². The van der Waals surface area contributed by atoms with Crippen LogP contribution < -0.4 is 4.90 Å². The normalized spacial score (nSPS) is 14.3. The Morgan fingerprint density at radius 1 is 1.33 bits per heavy atom. The van der Waals surface area contributed by atoms with Crippen LogP contribution in [0.25, 0.3) is 11.1 Å². The summed E-state index contributed by atoms with van der Waals surface area (Å²) in [6, 6.07) is 0. The van der Waals surface area contributed by atoms with Gasteiger partial charge in [-0.15, -0.1) is 0 Å². The monoisotopic (exact) mass is 200 g/mol. The highest BCUT2D eigenvalue weighted by Crippen LogP contribution is 2.33. The largest absolute Gasteiger partial charge is 0.373 e. The van der Waals surface area contributed by atoms with E-state index < -0.39 is 0 Å². The molecule has 15 heavy (non-hydrogen) atoms. The van der Waals surface area contributed by atoms with Gasteiger partial charge < -0.3 is 4.90 Å². The third kappa shape index (κ3) is 1.21. The lowest BCUT2D eigenvalue weighted by molar-refractivity contribution is 0.956. The first-order valence-electron chi connectivity index (χ1n) is 5.03. The Bertz CT molecular complexity index is 475. The minimum absolute atomic E-state index is 1.08. The summed E-state index contributed by atoms with van der Waals surface area (Å²) >= 11 is 0. The van der Waals surface area contributed by atoms with Crippen LogP contribution >= 0.6 is 0 Å². The van der Waals surface area contributed by atoms with Crippen molar-refractivity contribution in [1.82, 2.24) is 15.2 Å². The predicted molar refractivity (Wildman–Crippen MR) is 58.8 cm³/mol. The molecule has 0 aromatic carbocycles. The van der Waals surface area contributed by atoms with Crippen LogP contribution in [0.15, 0.2) is 24.8 Å². The van der Waals surface area contributed by atoms with E-state index in [-0.39, 0.29) is 0 Å². The van der Waals surface area contributed by atoms with E-state index >= 15 is 0 Å². The van der Waals surface area contributed by atoms with Gasteiger partial charge in [0, 0.05) is 37.1 Å². The zero-order chi connectivity index (χ0) is 10.3. The van der Waals surface area contributed by atoms with Gasteiger partial charge in [0.1, 0.15) is 0 Å². The molecule has 1 N–H and O–H groups in total. The number of aromatic amines is 1. The average molecular weight is 200 g/mol. The van der Waals surface area contributed by atoms with Crippen molar-refractivity contribution in [3.63, 3.8) is 0 Å². The van der Waals surface area contributed by atoms with E-state index in [9.17, 15) is 0 Å². The molecule has 3 rings (SSSR count). The van der Waals surface area contributed by atoms with Crippen molar-refractivity contribution < 1.29 is 0 Å². The van der Waals surface area contributed by atoms with Gasteiger partial charge in [0.15, 0.2) is 0 Å². The molecule has 0 unspecified atom stereocenters. The highest BCUT2D eigenvalue weighted by atomic mass is 15.1. The van der Waals surface area contributed by atoms with Gasteiger partial charge in [0.25, 0.3) is 0 Å². The molecule has 0 amide bonds. The first-order chi connectivity index (χ1) is 7.36. The molecule has 0 radical (unpaired) electrons. The van der Waals surface area contributed by atoms with Crippen LogP contribution in [0.1, 0.15) is 5.56 Å². The van der Waals surface area contributed by atoms with Crippen molar-refractivity contribution in [2.75, 3.05) is 18.5 Å². The minimum Gasteiger partial charge on any atom is -0.373 e. The van der Waals surface area contributed by atoms with Crippen molar-refractivity contribution in [2.45, 2.75) is 6.42 Å². The van der Waals surface area contributed by atoms with E-state index in [1.165, 1.54) is 16.8 Å². The fourth-order valence-electron chi connectivity index (χ4n) is 2.11. The second kappa shape index (κ2) is 3.08. The highest BCUT2D eigenvalue weighted by Gasteiger charge is 2.20. The molecule has 0 fully saturated rings. The fourth-order valence-corrected chi connectivity index (χ4v) is 2.11. The summed E-state index contributed by atoms with van der Waals surface area (Å²) in [4.78, 5) is 6.52. The van der Waals surface area contributed by atoms with Crippen molar-refractivity contribution in [2.24, 2.45) is 0 Å². The standard InChI is InChI=1S/C11H12N4/c1-15-3-2-9-10(6-12-7-11(9)15)8-4-13-14-5-8/h4-7H,2-3H2,1H3,(H,13,14). The van der Waals surface area contributed by atoms with Crippen LogP contribution in [0.5, 0.6) is 0 Å². The molecule has 0 aliphatic carbocycles. The van der Waals surface area contributed by atoms with Crippen molar-refractivity contribution in [3.8, 4) is 11.1 Å². The van der Waals surface area contributed by atoms with Crippen molar-refractivity contribution in [1.29, 1.82) is 0 Å². The number of fused-ring (bicyclic) bond motifs is 1. The Labute approximate surface area is 88.0 Å². The lowest BCUT2D eigenvalue weighted by Crippen LogP contribution is -2.12. The van der Waals surface area contributed by atoms with Gasteiger partial charge in [0.05, 0.1) is 18.1 Å². The number of hydrogen-bond acceptors (Lipinski definition) is 3. The third-order valence-corrected chi connectivity index (χ3v) is 2.95. The maximum absolute atomic E-state index is 4.28. The van der Waals surface area contributed by atoms with Crippen molar-refractivity contribution >= 4 is 5.69 Å². The van der Waals surface area contributed by atoms with Crippen LogP contribution in [-0.4, -0.2) is 28.8 Å². The highest BCUT2D eigenvalue weighted by molar-refractivity contribution is 5.74. The molecular weight excluding hydrogens is 188 g/mol. The Morgan fingerprint density at radius 2 is 2.27 bits per heavy atom. The number of anilines is 1. The number of likely N-dealkylation sites (N-methyl/N-ethyl adjacent to an activating group) is 1. The topological polar surface area (TPSA) is 44.8 Å². The van der Waals surface area contributed by atoms with E-state index in [1.54, 1.807) is 0 Å². The Kier molecular flexibility index (Phi) is 1.74. The molecule has 1 aliphatic rings. The summed E-state index contributed by atoms with van der Waals surface area (Å²) in [5, 5.41) is 6.82. The minimum atomic E-state index is 1.08. The number of nitrogens with zero attached hydrogens (tertiary/aromatic N) is 3. The van der Waals surface area contributed by atoms with Gasteiger partial charge in [-0.1, -0.05) is 0 Å². The van der Waals surface area contributed by atoms with E-state index in [0.29, 0.717) is 0 Å². The summed E-state index contributed by atoms with van der Waals surface area (Å²) in [5.41, 5.74) is 4.95. The number of nitrogens with one attached hydrogen (secondary N) is 1. The first kappa shape index (κ1) is 8.47. The van der Waals surface area contributed by atoms with Crippen LogP contribution in [0, 0.1) is 0 Å². The quantitative estimate of drug-likeness (QED) is 0.758. The summed E-state index contributed by atoms with van der Waals surface area (Å²) in [6.07, 6.45) is 8.70. The number of aromatic nitrogens is 3. The summed E-state index contributed by atoms with van der Waals surface area (Å²) in [5.74, 6) is 0. The molecular formula is C11H12N4. The average Bonchev–Trinajstić information content (AvgIpc) is 2.88. The zero-order valence-electron chi connectivity index (χ0n) is 8.57. The van der Waals surface area contributed by atoms with E-state index in [2.05, 4.69) is 27.1 Å². The molecule has 0 atom stereocenters. The Hall–Kier alpha value is -1.84. The number of hydrogen-bond donors (Lipinski definition) is 1. The summed E-state index contributed by atoms with van der Waals surface area (Å²) in [7, 11) is 2.10. The summed E-state index contributed by atoms with van der Waals surface area (Å²) in [6.45, 7) is 1.08. The molecule has 1 aliphatic heterocycles. The Balaban J connectivity index is 2.18. The Morgan fingerprint density at radius 3 is 3.07 bits per heavy atom. The number of rotatable bonds is 1. The number of H-pyrrole nitrogens is 1. The maximum Gasteiger partial charge on any atom is 0.0589 e. The third-order valence-electron chi connectivity index (χ3n) is 2.95. The van der Waals surface area contributed by atoms with E-state index in [4.69, 9.17) is 0 Å². The smallest absolute Gasteiger partial charge is 0.0589 e. The van der Waals surface area contributed by atoms with Gasteiger partial charge >= 0.3 is 0 Å². The predicted octanol–water partition coefficient (Wildman–Crippen LogP) is 1.46. The molecule has 0 saturated carbocycles. The van der Waals surface area contributed by atoms with Crippen LogP contribution in [0.4, 0.5) is 5.69 Å². The van der Waals surface area contributed by atoms with Gasteiger partial charge in [-0.25, -0.2) is 0 Å². The molecule has 0 spiro atoms. The molecule has 4 nitrogen and oxygen atoms in total. The number of pyridine rings is 1. The maximum atomic E-state index is 4.28. The van der Waals surface area contributed by atoms with Crippen LogP contribution in [-0.2, 0) is 6.42 Å². The second-order valence-corrected chi connectivity index (χ2v) is 3.84. The van der Waals surface area contributed by atoms with Gasteiger partial charge in [-0.2, -0.15) is 5.10 Å². The molecule has 4 heteroatoms. The van der Waals surface area contributed by atoms with Gasteiger partial charge in [-0.05, 0) is 12.0 Å². The van der Waals surface area contributed by atoms with E-state index in [0.717, 1.165) is 18.5 Å². The van der Waals surface area contributed by atoms with Crippen molar-refractivity contribution in [3.05, 3.63) is 30.4 Å². The van der Waals surface area contributed by atoms with Crippen LogP contribution in [0.3, 0.4) is 0 Å². The second-order valence-electron chi connectivity index (χ2n) is 3.84. The van der Waals surface area contributed by atoms with Crippen LogP contribution in [0.2, 0.25) is 0 Å². The molecule has 0 saturated heterocycles. The molecule has 0 bridgehead atoms. The fraction of sp³-hybridized carbons (Fsp3) is 0.273. The molecule has 3 heterocycles. The lowest BCUT2D eigenvalue weighted by Gasteiger charge is -2.11. The van der Waals surface area contributed by atoms with Gasteiger partial charge in [0.2, 0.25) is 0 Å². The zero-order valence-corrected chi connectivity index (χ0v) is 8.57. The molecule has 2 aromatic heterocycles. The lowest BCUT2D eigenvalue weighted by atomic mass is 10.0. The first-order valence-corrected chi connectivity index (χ1v) is 5.03. The summed E-state index contributed by atoms with van der Waals surface area (Å²) < 4.78 is 0. The SMILES string of the molecule is CN1CCc2c(-c3cn[nH]c3)cncc21.